The van der Waals surface area contributed by atoms with E-state index in [9.17, 15) is 9.59 Å². The third-order valence-electron chi connectivity index (χ3n) is 4.95. The summed E-state index contributed by atoms with van der Waals surface area (Å²) in [4.78, 5) is 23.8. The Balaban J connectivity index is 1.80. The molecule has 6 nitrogen and oxygen atoms in total. The van der Waals surface area contributed by atoms with E-state index in [0.717, 1.165) is 22.6 Å². The summed E-state index contributed by atoms with van der Waals surface area (Å²) in [5.41, 5.74) is 6.46. The molecule has 0 fully saturated rings. The van der Waals surface area contributed by atoms with Crippen LogP contribution in [0.25, 0.3) is 11.8 Å². The van der Waals surface area contributed by atoms with Crippen LogP contribution in [0.4, 0.5) is 11.4 Å². The highest BCUT2D eigenvalue weighted by Crippen LogP contribution is 2.28. The smallest absolute Gasteiger partial charge is 0.248 e. The maximum atomic E-state index is 12.6. The fourth-order valence-corrected chi connectivity index (χ4v) is 3.47. The van der Waals surface area contributed by atoms with Gasteiger partial charge in [0.1, 0.15) is 5.75 Å². The molecule has 31 heavy (non-hydrogen) atoms. The summed E-state index contributed by atoms with van der Waals surface area (Å²) >= 11 is 0. The van der Waals surface area contributed by atoms with Crippen molar-refractivity contribution >= 4 is 29.3 Å². The summed E-state index contributed by atoms with van der Waals surface area (Å²) in [5.74, 6) is 0.0260. The normalized spacial score (nSPS) is 10.9. The molecule has 2 N–H and O–H groups in total. The third kappa shape index (κ3) is 5.22. The van der Waals surface area contributed by atoms with Crippen LogP contribution < -0.4 is 15.4 Å². The number of nitrogens with zero attached hydrogens (tertiary/aromatic N) is 1. The van der Waals surface area contributed by atoms with Crippen LogP contribution in [0.5, 0.6) is 5.75 Å². The fraction of sp³-hybridized carbons (Fsp3) is 0.200. The monoisotopic (exact) mass is 417 g/mol. The minimum absolute atomic E-state index is 0.189. The van der Waals surface area contributed by atoms with Crippen LogP contribution in [0.15, 0.2) is 54.6 Å². The fourth-order valence-electron chi connectivity index (χ4n) is 3.47. The van der Waals surface area contributed by atoms with Crippen LogP contribution in [0.1, 0.15) is 29.4 Å². The maximum Gasteiger partial charge on any atom is 0.248 e. The van der Waals surface area contributed by atoms with Crippen LogP contribution in [-0.2, 0) is 9.59 Å². The van der Waals surface area contributed by atoms with Gasteiger partial charge in [0.15, 0.2) is 0 Å². The number of methoxy groups -OCH3 is 1. The van der Waals surface area contributed by atoms with E-state index in [1.165, 1.54) is 25.7 Å². The Morgan fingerprint density at radius 3 is 2.32 bits per heavy atom. The number of anilines is 2. The Hall–Kier alpha value is -3.80. The minimum Gasteiger partial charge on any atom is -0.495 e. The zero-order chi connectivity index (χ0) is 22.5. The Kier molecular flexibility index (Phi) is 6.60. The number of aryl methyl sites for hydroxylation is 2. The van der Waals surface area contributed by atoms with Gasteiger partial charge in [-0.1, -0.05) is 17.7 Å². The average Bonchev–Trinajstić information content (AvgIpc) is 3.00. The largest absolute Gasteiger partial charge is 0.495 e. The lowest BCUT2D eigenvalue weighted by Gasteiger charge is -2.11. The van der Waals surface area contributed by atoms with Gasteiger partial charge in [0.05, 0.1) is 12.8 Å². The number of aromatic nitrogens is 1. The van der Waals surface area contributed by atoms with Crippen LogP contribution in [-0.4, -0.2) is 23.5 Å². The molecule has 0 saturated heterocycles. The predicted molar refractivity (Wildman–Crippen MR) is 125 cm³/mol. The number of rotatable bonds is 6. The predicted octanol–water partition coefficient (Wildman–Crippen LogP) is 5.02. The lowest BCUT2D eigenvalue weighted by Crippen LogP contribution is -2.11. The van der Waals surface area contributed by atoms with Crippen LogP contribution >= 0.6 is 0 Å². The Bertz CT molecular complexity index is 1140. The van der Waals surface area contributed by atoms with Gasteiger partial charge in [-0.05, 0) is 68.8 Å². The Morgan fingerprint density at radius 2 is 1.68 bits per heavy atom. The Labute approximate surface area is 182 Å². The van der Waals surface area contributed by atoms with E-state index in [-0.39, 0.29) is 11.8 Å². The molecular weight excluding hydrogens is 390 g/mol. The van der Waals surface area contributed by atoms with E-state index >= 15 is 0 Å². The third-order valence-corrected chi connectivity index (χ3v) is 4.95. The van der Waals surface area contributed by atoms with E-state index in [0.29, 0.717) is 17.1 Å². The molecule has 6 heteroatoms. The molecule has 3 aromatic rings. The maximum absolute atomic E-state index is 12.6. The van der Waals surface area contributed by atoms with Gasteiger partial charge in [0, 0.05) is 35.8 Å². The van der Waals surface area contributed by atoms with Crippen molar-refractivity contribution in [2.24, 2.45) is 0 Å². The number of hydrogen-bond acceptors (Lipinski definition) is 3. The molecule has 0 atom stereocenters. The van der Waals surface area contributed by atoms with Gasteiger partial charge in [-0.15, -0.1) is 0 Å². The van der Waals surface area contributed by atoms with Crippen molar-refractivity contribution < 1.29 is 14.3 Å². The first-order valence-corrected chi connectivity index (χ1v) is 9.99. The highest BCUT2D eigenvalue weighted by molar-refractivity contribution is 6.03. The summed E-state index contributed by atoms with van der Waals surface area (Å²) in [6, 6.07) is 15.5. The molecule has 0 aliphatic heterocycles. The zero-order valence-corrected chi connectivity index (χ0v) is 18.4. The molecule has 0 bridgehead atoms. The van der Waals surface area contributed by atoms with Crippen LogP contribution in [0.2, 0.25) is 0 Å². The summed E-state index contributed by atoms with van der Waals surface area (Å²) in [6.07, 6.45) is 3.29. The van der Waals surface area contributed by atoms with Gasteiger partial charge in [0.25, 0.3) is 0 Å². The molecule has 2 aromatic carbocycles. The van der Waals surface area contributed by atoms with Gasteiger partial charge in [-0.2, -0.15) is 0 Å². The first kappa shape index (κ1) is 21.9. The number of ether oxygens (including phenoxy) is 1. The molecule has 0 radical (unpaired) electrons. The number of nitrogens with one attached hydrogen (secondary N) is 2. The van der Waals surface area contributed by atoms with Crippen molar-refractivity contribution in [3.8, 4) is 11.4 Å². The van der Waals surface area contributed by atoms with Gasteiger partial charge < -0.3 is 19.9 Å². The lowest BCUT2D eigenvalue weighted by molar-refractivity contribution is -0.114. The number of carbonyl (C=O) groups excluding carboxylic acids is 2. The number of amides is 2. The van der Waals surface area contributed by atoms with Crippen molar-refractivity contribution in [1.29, 1.82) is 0 Å². The van der Waals surface area contributed by atoms with Gasteiger partial charge >= 0.3 is 0 Å². The molecule has 3 rings (SSSR count). The van der Waals surface area contributed by atoms with Crippen molar-refractivity contribution in [2.75, 3.05) is 17.7 Å². The lowest BCUT2D eigenvalue weighted by atomic mass is 10.2. The summed E-state index contributed by atoms with van der Waals surface area (Å²) in [6.45, 7) is 7.57. The highest BCUT2D eigenvalue weighted by Gasteiger charge is 2.11. The number of carbonyl (C=O) groups is 2. The van der Waals surface area contributed by atoms with Crippen molar-refractivity contribution in [3.05, 3.63) is 77.1 Å². The van der Waals surface area contributed by atoms with Crippen molar-refractivity contribution in [3.63, 3.8) is 0 Å². The quantitative estimate of drug-likeness (QED) is 0.553. The van der Waals surface area contributed by atoms with Gasteiger partial charge in [0.2, 0.25) is 11.8 Å². The van der Waals surface area contributed by atoms with Crippen molar-refractivity contribution in [2.45, 2.75) is 27.7 Å². The number of benzene rings is 2. The van der Waals surface area contributed by atoms with Gasteiger partial charge in [-0.3, -0.25) is 9.59 Å². The molecule has 1 heterocycles. The second kappa shape index (κ2) is 9.34. The SMILES string of the molecule is COc1ccc(NC(C)=O)cc1NC(=O)/C=C/c1cc(C)n(-c2ccc(C)cc2)c1C. The second-order valence-corrected chi connectivity index (χ2v) is 7.42. The first-order valence-electron chi connectivity index (χ1n) is 9.99. The molecule has 0 unspecified atom stereocenters. The zero-order valence-electron chi connectivity index (χ0n) is 18.4. The van der Waals surface area contributed by atoms with E-state index in [4.69, 9.17) is 4.74 Å². The Morgan fingerprint density at radius 1 is 0.968 bits per heavy atom. The van der Waals surface area contributed by atoms with Crippen molar-refractivity contribution in [1.82, 2.24) is 4.57 Å². The highest BCUT2D eigenvalue weighted by atomic mass is 16.5. The topological polar surface area (TPSA) is 72.4 Å². The summed E-state index contributed by atoms with van der Waals surface area (Å²) in [5, 5.41) is 5.51. The number of hydrogen-bond donors (Lipinski definition) is 2. The molecule has 0 spiro atoms. The van der Waals surface area contributed by atoms with Crippen LogP contribution in [0.3, 0.4) is 0 Å². The second-order valence-electron chi connectivity index (χ2n) is 7.42. The van der Waals surface area contributed by atoms with E-state index in [1.54, 1.807) is 24.3 Å². The molecule has 1 aromatic heterocycles. The van der Waals surface area contributed by atoms with E-state index < -0.39 is 0 Å². The molecule has 2 amide bonds. The average molecular weight is 418 g/mol. The molecule has 0 aliphatic rings. The standard InChI is InChI=1S/C25H27N3O3/c1-16-6-10-22(11-7-16)28-17(2)14-20(18(28)3)8-13-25(30)27-23-15-21(26-19(4)29)9-12-24(23)31-5/h6-15H,1-5H3,(H,26,29)(H,27,30)/b13-8+. The van der Waals surface area contributed by atoms with Gasteiger partial charge in [-0.25, -0.2) is 0 Å². The summed E-state index contributed by atoms with van der Waals surface area (Å²) in [7, 11) is 1.53. The van der Waals surface area contributed by atoms with Crippen LogP contribution in [0, 0.1) is 20.8 Å². The molecule has 0 aliphatic carbocycles. The minimum atomic E-state index is -0.293. The molecule has 160 valence electrons. The summed E-state index contributed by atoms with van der Waals surface area (Å²) < 4.78 is 7.47. The molecule has 0 saturated carbocycles. The molecular formula is C25H27N3O3. The van der Waals surface area contributed by atoms with E-state index in [2.05, 4.69) is 52.5 Å². The first-order chi connectivity index (χ1) is 14.8. The van der Waals surface area contributed by atoms with E-state index in [1.807, 2.05) is 13.8 Å².